The minimum atomic E-state index is -0.757. The lowest BCUT2D eigenvalue weighted by molar-refractivity contribution is -0.138. The highest BCUT2D eigenvalue weighted by Crippen LogP contribution is 2.18. The molecule has 0 radical (unpaired) electrons. The van der Waals surface area contributed by atoms with Crippen LogP contribution in [0.15, 0.2) is 36.0 Å². The molecular formula is C19H25N3O6. The number of nitrogens with one attached hydrogen (secondary N) is 2. The van der Waals surface area contributed by atoms with Gasteiger partial charge in [0.15, 0.2) is 0 Å². The van der Waals surface area contributed by atoms with Crippen LogP contribution in [0.2, 0.25) is 0 Å². The first-order valence-corrected chi connectivity index (χ1v) is 8.87. The van der Waals surface area contributed by atoms with Gasteiger partial charge >= 0.3 is 11.9 Å². The van der Waals surface area contributed by atoms with Gasteiger partial charge in [-0.15, -0.1) is 0 Å². The SMILES string of the molecule is COC(=O)/C=C(/Nc1ccccc1C(=O)NCCN1CCOCC1)C(=O)OC. The number of carbonyl (C=O) groups excluding carboxylic acids is 3. The van der Waals surface area contributed by atoms with E-state index < -0.39 is 11.9 Å². The second-order valence-electron chi connectivity index (χ2n) is 5.95. The number of anilines is 1. The van der Waals surface area contributed by atoms with Crippen LogP contribution >= 0.6 is 0 Å². The molecule has 0 unspecified atom stereocenters. The Hall–Kier alpha value is -2.91. The van der Waals surface area contributed by atoms with Gasteiger partial charge in [0.05, 0.1) is 44.8 Å². The van der Waals surface area contributed by atoms with Crippen molar-refractivity contribution in [1.82, 2.24) is 10.2 Å². The fourth-order valence-corrected chi connectivity index (χ4v) is 2.62. The Morgan fingerprint density at radius 2 is 1.86 bits per heavy atom. The van der Waals surface area contributed by atoms with E-state index in [0.29, 0.717) is 31.0 Å². The van der Waals surface area contributed by atoms with E-state index in [1.54, 1.807) is 24.3 Å². The lowest BCUT2D eigenvalue weighted by Gasteiger charge is -2.26. The number of morpholine rings is 1. The first-order valence-electron chi connectivity index (χ1n) is 8.87. The van der Waals surface area contributed by atoms with Crippen molar-refractivity contribution in [3.63, 3.8) is 0 Å². The fraction of sp³-hybridized carbons (Fsp3) is 0.421. The smallest absolute Gasteiger partial charge is 0.354 e. The highest BCUT2D eigenvalue weighted by molar-refractivity contribution is 6.03. The summed E-state index contributed by atoms with van der Waals surface area (Å²) in [4.78, 5) is 38.2. The van der Waals surface area contributed by atoms with Crippen LogP contribution in [0.25, 0.3) is 0 Å². The fourth-order valence-electron chi connectivity index (χ4n) is 2.62. The minimum Gasteiger partial charge on any atom is -0.466 e. The molecule has 152 valence electrons. The van der Waals surface area contributed by atoms with E-state index in [0.717, 1.165) is 25.7 Å². The van der Waals surface area contributed by atoms with E-state index in [2.05, 4.69) is 25.0 Å². The van der Waals surface area contributed by atoms with E-state index >= 15 is 0 Å². The molecule has 1 aliphatic rings. The second kappa shape index (κ2) is 11.1. The number of hydrogen-bond acceptors (Lipinski definition) is 8. The van der Waals surface area contributed by atoms with Crippen molar-refractivity contribution >= 4 is 23.5 Å². The Labute approximate surface area is 163 Å². The molecule has 1 saturated heterocycles. The van der Waals surface area contributed by atoms with Gasteiger partial charge in [0.25, 0.3) is 5.91 Å². The largest absolute Gasteiger partial charge is 0.466 e. The molecule has 0 spiro atoms. The highest BCUT2D eigenvalue weighted by atomic mass is 16.5. The number of esters is 2. The quantitative estimate of drug-likeness (QED) is 0.484. The zero-order valence-electron chi connectivity index (χ0n) is 16.0. The summed E-state index contributed by atoms with van der Waals surface area (Å²) in [7, 11) is 2.39. The van der Waals surface area contributed by atoms with Crippen molar-refractivity contribution in [2.24, 2.45) is 0 Å². The number of carbonyl (C=O) groups is 3. The second-order valence-corrected chi connectivity index (χ2v) is 5.95. The summed E-state index contributed by atoms with van der Waals surface area (Å²) in [5, 5.41) is 5.65. The molecule has 1 fully saturated rings. The van der Waals surface area contributed by atoms with Gasteiger partial charge in [-0.05, 0) is 12.1 Å². The first-order chi connectivity index (χ1) is 13.5. The molecule has 28 heavy (non-hydrogen) atoms. The summed E-state index contributed by atoms with van der Waals surface area (Å²) >= 11 is 0. The highest BCUT2D eigenvalue weighted by Gasteiger charge is 2.17. The molecule has 0 aromatic heterocycles. The molecule has 0 saturated carbocycles. The molecule has 1 heterocycles. The average Bonchev–Trinajstić information content (AvgIpc) is 2.73. The van der Waals surface area contributed by atoms with Crippen LogP contribution in [0.4, 0.5) is 5.69 Å². The summed E-state index contributed by atoms with van der Waals surface area (Å²) < 4.78 is 14.5. The van der Waals surface area contributed by atoms with Gasteiger partial charge in [-0.25, -0.2) is 9.59 Å². The van der Waals surface area contributed by atoms with Gasteiger partial charge in [0.2, 0.25) is 0 Å². The summed E-state index contributed by atoms with van der Waals surface area (Å²) in [5.41, 5.74) is 0.569. The molecule has 2 rings (SSSR count). The van der Waals surface area contributed by atoms with E-state index in [-0.39, 0.29) is 11.6 Å². The maximum absolute atomic E-state index is 12.6. The normalized spacial score (nSPS) is 14.9. The zero-order valence-corrected chi connectivity index (χ0v) is 16.0. The Balaban J connectivity index is 2.05. The van der Waals surface area contributed by atoms with Crippen molar-refractivity contribution in [1.29, 1.82) is 0 Å². The molecule has 1 aromatic rings. The number of ether oxygens (including phenoxy) is 3. The molecule has 0 atom stereocenters. The van der Waals surface area contributed by atoms with E-state index in [4.69, 9.17) is 4.74 Å². The van der Waals surface area contributed by atoms with Crippen molar-refractivity contribution in [2.45, 2.75) is 0 Å². The van der Waals surface area contributed by atoms with Gasteiger partial charge < -0.3 is 24.8 Å². The third-order valence-electron chi connectivity index (χ3n) is 4.13. The van der Waals surface area contributed by atoms with Crippen molar-refractivity contribution < 1.29 is 28.6 Å². The zero-order chi connectivity index (χ0) is 20.4. The maximum Gasteiger partial charge on any atom is 0.354 e. The number of para-hydroxylation sites is 1. The third-order valence-corrected chi connectivity index (χ3v) is 4.13. The Morgan fingerprint density at radius 3 is 2.54 bits per heavy atom. The molecule has 9 heteroatoms. The van der Waals surface area contributed by atoms with Crippen LogP contribution in [0.3, 0.4) is 0 Å². The molecule has 1 aromatic carbocycles. The van der Waals surface area contributed by atoms with Crippen molar-refractivity contribution in [3.8, 4) is 0 Å². The lowest BCUT2D eigenvalue weighted by Crippen LogP contribution is -2.41. The van der Waals surface area contributed by atoms with E-state index in [1.807, 2.05) is 0 Å². The van der Waals surface area contributed by atoms with Crippen molar-refractivity contribution in [2.75, 3.05) is 58.9 Å². The third kappa shape index (κ3) is 6.36. The molecule has 0 bridgehead atoms. The van der Waals surface area contributed by atoms with Crippen molar-refractivity contribution in [3.05, 3.63) is 41.6 Å². The first kappa shape index (κ1) is 21.4. The Kier molecular flexibility index (Phi) is 8.44. The number of rotatable bonds is 8. The molecule has 2 N–H and O–H groups in total. The van der Waals surface area contributed by atoms with Gasteiger partial charge in [0.1, 0.15) is 5.70 Å². The molecule has 9 nitrogen and oxygen atoms in total. The summed E-state index contributed by atoms with van der Waals surface area (Å²) in [6, 6.07) is 6.67. The van der Waals surface area contributed by atoms with Gasteiger partial charge in [-0.2, -0.15) is 0 Å². The van der Waals surface area contributed by atoms with Gasteiger partial charge in [-0.3, -0.25) is 9.69 Å². The molecule has 1 aliphatic heterocycles. The van der Waals surface area contributed by atoms with Crippen LogP contribution in [0.1, 0.15) is 10.4 Å². The molecule has 1 amide bonds. The number of amides is 1. The summed E-state index contributed by atoms with van der Waals surface area (Å²) in [6.07, 6.45) is 0.971. The van der Waals surface area contributed by atoms with E-state index in [9.17, 15) is 14.4 Å². The lowest BCUT2D eigenvalue weighted by atomic mass is 10.1. The van der Waals surface area contributed by atoms with Crippen LogP contribution in [-0.4, -0.2) is 76.4 Å². The minimum absolute atomic E-state index is 0.136. The predicted octanol–water partition coefficient (Wildman–Crippen LogP) is 0.390. The standard InChI is InChI=1S/C19H25N3O6/c1-26-17(23)13-16(19(25)27-2)21-15-6-4-3-5-14(15)18(24)20-7-8-22-9-11-28-12-10-22/h3-6,13,21H,7-12H2,1-2H3,(H,20,24)/b16-13+. The monoisotopic (exact) mass is 391 g/mol. The van der Waals surface area contributed by atoms with Gasteiger partial charge in [-0.1, -0.05) is 12.1 Å². The van der Waals surface area contributed by atoms with Crippen LogP contribution in [0.5, 0.6) is 0 Å². The number of nitrogens with zero attached hydrogens (tertiary/aromatic N) is 1. The summed E-state index contributed by atoms with van der Waals surface area (Å²) in [5.74, 6) is -1.77. The number of benzene rings is 1. The molecular weight excluding hydrogens is 366 g/mol. The topological polar surface area (TPSA) is 106 Å². The van der Waals surface area contributed by atoms with Crippen LogP contribution < -0.4 is 10.6 Å². The Bertz CT molecular complexity index is 728. The maximum atomic E-state index is 12.6. The van der Waals surface area contributed by atoms with Gasteiger partial charge in [0, 0.05) is 26.2 Å². The van der Waals surface area contributed by atoms with Crippen LogP contribution in [0, 0.1) is 0 Å². The predicted molar refractivity (Wildman–Crippen MR) is 102 cm³/mol. The Morgan fingerprint density at radius 1 is 1.14 bits per heavy atom. The number of hydrogen-bond donors (Lipinski definition) is 2. The van der Waals surface area contributed by atoms with E-state index in [1.165, 1.54) is 14.2 Å². The summed E-state index contributed by atoms with van der Waals surface area (Å²) in [6.45, 7) is 4.28. The molecule has 0 aliphatic carbocycles. The average molecular weight is 391 g/mol. The van der Waals surface area contributed by atoms with Crippen LogP contribution in [-0.2, 0) is 23.8 Å². The number of methoxy groups -OCH3 is 2.